The normalized spacial score (nSPS) is 41.9. The Bertz CT molecular complexity index is 1370. The largest absolute Gasteiger partial charge is 0.417 e. The molecule has 6 rings (SSSR count). The first-order chi connectivity index (χ1) is 21.2. The van der Waals surface area contributed by atoms with E-state index in [1.165, 1.54) is 0 Å². The number of halogens is 3. The third-order valence-corrected chi connectivity index (χ3v) is 17.5. The monoisotopic (exact) mass is 666 g/mol. The molecule has 46 heavy (non-hydrogen) atoms. The molecule has 0 aromatic heterocycles. The average Bonchev–Trinajstić information content (AvgIpc) is 3.35. The zero-order chi connectivity index (χ0) is 33.6. The maximum Gasteiger partial charge on any atom is 0.417 e. The molecule has 2 N–H and O–H groups in total. The molecule has 0 radical (unpaired) electrons. The summed E-state index contributed by atoms with van der Waals surface area (Å²) in [6.07, 6.45) is 4.15. The first-order valence-electron chi connectivity index (χ1n) is 18.1. The van der Waals surface area contributed by atoms with Gasteiger partial charge in [0, 0.05) is 0 Å². The average molecular weight is 667 g/mol. The lowest BCUT2D eigenvalue weighted by atomic mass is 9.43. The van der Waals surface area contributed by atoms with Gasteiger partial charge in [-0.05, 0) is 154 Å². The van der Waals surface area contributed by atoms with Gasteiger partial charge >= 0.3 is 6.18 Å². The maximum absolute atomic E-state index is 14.5. The van der Waals surface area contributed by atoms with Gasteiger partial charge in [0.05, 0.1) is 15.7 Å². The van der Waals surface area contributed by atoms with Gasteiger partial charge in [0.1, 0.15) is 0 Å². The van der Waals surface area contributed by atoms with Crippen LogP contribution < -0.4 is 0 Å². The van der Waals surface area contributed by atoms with E-state index in [1.54, 1.807) is 24.3 Å². The number of hydrogen-bond acceptors (Lipinski definition) is 4. The van der Waals surface area contributed by atoms with Crippen molar-refractivity contribution >= 4 is 9.84 Å². The van der Waals surface area contributed by atoms with Crippen LogP contribution in [0.15, 0.2) is 35.2 Å². The van der Waals surface area contributed by atoms with E-state index in [0.29, 0.717) is 41.9 Å². The van der Waals surface area contributed by atoms with Crippen LogP contribution in [0.1, 0.15) is 125 Å². The molecular formula is C38H57F3O4S. The van der Waals surface area contributed by atoms with E-state index >= 15 is 0 Å². The smallest absolute Gasteiger partial charge is 0.390 e. The van der Waals surface area contributed by atoms with E-state index < -0.39 is 32.5 Å². The molecule has 0 spiro atoms. The highest BCUT2D eigenvalue weighted by Crippen LogP contribution is 2.69. The molecule has 5 saturated carbocycles. The summed E-state index contributed by atoms with van der Waals surface area (Å²) in [6, 6.07) is 8.77. The molecule has 0 saturated heterocycles. The van der Waals surface area contributed by atoms with E-state index in [1.807, 2.05) is 6.07 Å². The summed E-state index contributed by atoms with van der Waals surface area (Å²) in [7, 11) is -3.72. The van der Waals surface area contributed by atoms with E-state index in [0.717, 1.165) is 51.4 Å². The van der Waals surface area contributed by atoms with Crippen LogP contribution in [0.25, 0.3) is 0 Å². The molecule has 4 nitrogen and oxygen atoms in total. The van der Waals surface area contributed by atoms with Crippen molar-refractivity contribution in [2.75, 3.05) is 0 Å². The molecule has 10 atom stereocenters. The summed E-state index contributed by atoms with van der Waals surface area (Å²) < 4.78 is 70.5. The van der Waals surface area contributed by atoms with Gasteiger partial charge in [-0.25, -0.2) is 8.42 Å². The molecule has 0 amide bonds. The topological polar surface area (TPSA) is 74.6 Å². The zero-order valence-corrected chi connectivity index (χ0v) is 29.4. The van der Waals surface area contributed by atoms with Crippen molar-refractivity contribution in [3.05, 3.63) is 30.3 Å². The van der Waals surface area contributed by atoms with Gasteiger partial charge in [-0.2, -0.15) is 13.2 Å². The lowest BCUT2D eigenvalue weighted by Crippen LogP contribution is -2.59. The summed E-state index contributed by atoms with van der Waals surface area (Å²) >= 11 is 0. The molecule has 0 heterocycles. The highest BCUT2D eigenvalue weighted by Gasteiger charge is 2.65. The van der Waals surface area contributed by atoms with Gasteiger partial charge in [0.2, 0.25) is 0 Å². The van der Waals surface area contributed by atoms with Gasteiger partial charge in [0.15, 0.2) is 15.4 Å². The van der Waals surface area contributed by atoms with E-state index in [2.05, 4.69) is 34.6 Å². The number of hydrogen-bond donors (Lipinski definition) is 2. The van der Waals surface area contributed by atoms with Crippen LogP contribution in [0.2, 0.25) is 0 Å². The van der Waals surface area contributed by atoms with Crippen molar-refractivity contribution in [1.29, 1.82) is 0 Å². The Morgan fingerprint density at radius 3 is 2.07 bits per heavy atom. The molecule has 8 heteroatoms. The van der Waals surface area contributed by atoms with Gasteiger partial charge in [-0.15, -0.1) is 0 Å². The standard InChI is InChI=1S/C38H57F3O4S/c1-25(32(46(44,45)27-9-7-6-8-10-27)24-36(42)20-17-33(2,3)18-21-36)29-13-14-30-28-12-11-26-23-37(43,38(39,40)41)22-19-34(26,4)31(28)15-16-35(29,30)5/h6-10,25-26,28-32,42-43H,11-24H2,1-5H3/t25-,26-,28-,29+,30-,31-,32?,34-,35+,37-/m0/s1. The number of alkyl halides is 3. The molecule has 1 aromatic carbocycles. The Labute approximate surface area is 275 Å². The fourth-order valence-electron chi connectivity index (χ4n) is 12.0. The first kappa shape index (κ1) is 34.7. The summed E-state index contributed by atoms with van der Waals surface area (Å²) in [5.74, 6) is 1.10. The van der Waals surface area contributed by atoms with Crippen molar-refractivity contribution in [2.45, 2.75) is 152 Å². The lowest BCUT2D eigenvalue weighted by molar-refractivity contribution is -0.290. The predicted molar refractivity (Wildman–Crippen MR) is 175 cm³/mol. The van der Waals surface area contributed by atoms with E-state index in [4.69, 9.17) is 0 Å². The Kier molecular flexibility index (Phi) is 8.66. The third kappa shape index (κ3) is 5.70. The SMILES string of the molecule is C[C@H](C(CC1(O)CCC(C)(C)CC1)S(=O)(=O)c1ccccc1)[C@H]1CC[C@H]2[C@@H]3CC[C@H]4C[C@](O)(C(F)(F)F)CC[C@]4(C)[C@H]3CC[C@]12C. The van der Waals surface area contributed by atoms with Crippen molar-refractivity contribution < 1.29 is 31.8 Å². The van der Waals surface area contributed by atoms with Crippen molar-refractivity contribution in [2.24, 2.45) is 51.8 Å². The van der Waals surface area contributed by atoms with Crippen LogP contribution >= 0.6 is 0 Å². The highest BCUT2D eigenvalue weighted by molar-refractivity contribution is 7.92. The number of sulfone groups is 1. The Hall–Kier alpha value is -1.12. The summed E-state index contributed by atoms with van der Waals surface area (Å²) in [5.41, 5.74) is -3.68. The van der Waals surface area contributed by atoms with Crippen molar-refractivity contribution in [3.8, 4) is 0 Å². The summed E-state index contributed by atoms with van der Waals surface area (Å²) in [6.45, 7) is 11.2. The summed E-state index contributed by atoms with van der Waals surface area (Å²) in [4.78, 5) is 0.331. The van der Waals surface area contributed by atoms with Crippen LogP contribution in [-0.4, -0.2) is 41.3 Å². The molecule has 5 aliphatic carbocycles. The quantitative estimate of drug-likeness (QED) is 0.318. The van der Waals surface area contributed by atoms with Gasteiger partial charge < -0.3 is 10.2 Å². The number of aliphatic hydroxyl groups is 2. The highest BCUT2D eigenvalue weighted by atomic mass is 32.2. The van der Waals surface area contributed by atoms with E-state index in [-0.39, 0.29) is 53.3 Å². The van der Waals surface area contributed by atoms with Crippen LogP contribution in [0.5, 0.6) is 0 Å². The molecular weight excluding hydrogens is 609 g/mol. The third-order valence-electron chi connectivity index (χ3n) is 15.1. The van der Waals surface area contributed by atoms with E-state index in [9.17, 15) is 31.8 Å². The second-order valence-corrected chi connectivity index (χ2v) is 20.1. The fraction of sp³-hybridized carbons (Fsp3) is 0.842. The molecule has 260 valence electrons. The van der Waals surface area contributed by atoms with Crippen LogP contribution in [0.4, 0.5) is 13.2 Å². The maximum atomic E-state index is 14.5. The number of benzene rings is 1. The zero-order valence-electron chi connectivity index (χ0n) is 28.6. The predicted octanol–water partition coefficient (Wildman–Crippen LogP) is 9.14. The molecule has 1 aromatic rings. The van der Waals surface area contributed by atoms with Crippen molar-refractivity contribution in [3.63, 3.8) is 0 Å². The van der Waals surface area contributed by atoms with Gasteiger partial charge in [-0.3, -0.25) is 0 Å². The molecule has 5 fully saturated rings. The van der Waals surface area contributed by atoms with Gasteiger partial charge in [-0.1, -0.05) is 52.8 Å². The van der Waals surface area contributed by atoms with Gasteiger partial charge in [0.25, 0.3) is 0 Å². The minimum Gasteiger partial charge on any atom is -0.390 e. The second-order valence-electron chi connectivity index (χ2n) is 18.0. The van der Waals surface area contributed by atoms with Crippen LogP contribution in [0.3, 0.4) is 0 Å². The Morgan fingerprint density at radius 1 is 0.804 bits per heavy atom. The lowest BCUT2D eigenvalue weighted by Gasteiger charge is -2.62. The first-order valence-corrected chi connectivity index (χ1v) is 19.6. The van der Waals surface area contributed by atoms with Crippen LogP contribution in [-0.2, 0) is 9.84 Å². The molecule has 5 aliphatic rings. The summed E-state index contributed by atoms with van der Waals surface area (Å²) in [5, 5.41) is 21.8. The van der Waals surface area contributed by atoms with Crippen LogP contribution in [0, 0.1) is 51.8 Å². The molecule has 0 bridgehead atoms. The Balaban J connectivity index is 1.26. The second kappa shape index (κ2) is 11.5. The minimum atomic E-state index is -4.59. The number of rotatable bonds is 6. The fourth-order valence-corrected chi connectivity index (χ4v) is 14.2. The number of fused-ring (bicyclic) bond motifs is 5. The van der Waals surface area contributed by atoms with Crippen molar-refractivity contribution in [1.82, 2.24) is 0 Å². The minimum absolute atomic E-state index is 0.0488. The molecule has 0 aliphatic heterocycles. The Morgan fingerprint density at radius 2 is 1.43 bits per heavy atom. The molecule has 1 unspecified atom stereocenters.